The molecule has 2 saturated heterocycles. The summed E-state index contributed by atoms with van der Waals surface area (Å²) in [7, 11) is 0. The van der Waals surface area contributed by atoms with Crippen LogP contribution in [0.3, 0.4) is 0 Å². The lowest BCUT2D eigenvalue weighted by Gasteiger charge is -2.40. The first-order chi connectivity index (χ1) is 12.2. The van der Waals surface area contributed by atoms with Crippen molar-refractivity contribution in [2.24, 2.45) is 0 Å². The molecule has 0 bridgehead atoms. The smallest absolute Gasteiger partial charge is 0.317 e. The molecule has 25 heavy (non-hydrogen) atoms. The number of hydrogen-bond donors (Lipinski definition) is 1. The van der Waals surface area contributed by atoms with Crippen LogP contribution in [0, 0.1) is 0 Å². The Morgan fingerprint density at radius 1 is 1.00 bits per heavy atom. The van der Waals surface area contributed by atoms with Gasteiger partial charge in [-0.15, -0.1) is 0 Å². The summed E-state index contributed by atoms with van der Waals surface area (Å²) in [5.41, 5.74) is 0. The topological polar surface area (TPSA) is 61.9 Å². The van der Waals surface area contributed by atoms with Gasteiger partial charge in [0.05, 0.1) is 12.7 Å². The van der Waals surface area contributed by atoms with Crippen molar-refractivity contribution >= 4 is 11.9 Å². The van der Waals surface area contributed by atoms with E-state index in [1.165, 1.54) is 19.3 Å². The van der Waals surface area contributed by atoms with Crippen LogP contribution in [0.1, 0.15) is 64.2 Å². The number of piperidine rings is 2. The Kier molecular flexibility index (Phi) is 6.96. The standard InChI is InChI=1S/C19H33N3O3/c23-18-8-4-5-12-22(18)16-9-13-21(14-10-16)19(24)20-11-15-25-17-6-2-1-3-7-17/h16-17H,1-15H2,(H,20,24). The van der Waals surface area contributed by atoms with Crippen LogP contribution in [0.5, 0.6) is 0 Å². The zero-order chi connectivity index (χ0) is 17.5. The van der Waals surface area contributed by atoms with Crippen LogP contribution < -0.4 is 5.32 Å². The number of ether oxygens (including phenoxy) is 1. The van der Waals surface area contributed by atoms with E-state index in [-0.39, 0.29) is 6.03 Å². The lowest BCUT2D eigenvalue weighted by molar-refractivity contribution is -0.136. The summed E-state index contributed by atoms with van der Waals surface area (Å²) in [4.78, 5) is 28.2. The van der Waals surface area contributed by atoms with E-state index >= 15 is 0 Å². The van der Waals surface area contributed by atoms with Gasteiger partial charge >= 0.3 is 6.03 Å². The Hall–Kier alpha value is -1.30. The summed E-state index contributed by atoms with van der Waals surface area (Å²) in [5, 5.41) is 2.98. The minimum absolute atomic E-state index is 0.00987. The van der Waals surface area contributed by atoms with E-state index in [1.807, 2.05) is 4.90 Å². The van der Waals surface area contributed by atoms with E-state index in [9.17, 15) is 9.59 Å². The van der Waals surface area contributed by atoms with E-state index in [0.717, 1.165) is 58.2 Å². The maximum Gasteiger partial charge on any atom is 0.317 e. The summed E-state index contributed by atoms with van der Waals surface area (Å²) < 4.78 is 5.85. The first-order valence-electron chi connectivity index (χ1n) is 10.2. The molecule has 3 rings (SSSR count). The van der Waals surface area contributed by atoms with E-state index in [1.54, 1.807) is 0 Å². The molecule has 1 saturated carbocycles. The molecular weight excluding hydrogens is 318 g/mol. The number of nitrogens with zero attached hydrogens (tertiary/aromatic N) is 2. The van der Waals surface area contributed by atoms with Crippen LogP contribution in [0.25, 0.3) is 0 Å². The fourth-order valence-corrected chi connectivity index (χ4v) is 4.32. The molecular formula is C19H33N3O3. The maximum atomic E-state index is 12.3. The van der Waals surface area contributed by atoms with Crippen LogP contribution in [0.4, 0.5) is 4.79 Å². The third kappa shape index (κ3) is 5.33. The van der Waals surface area contributed by atoms with Crippen molar-refractivity contribution in [3.8, 4) is 0 Å². The molecule has 3 fully saturated rings. The van der Waals surface area contributed by atoms with Crippen molar-refractivity contribution in [1.82, 2.24) is 15.1 Å². The molecule has 6 nitrogen and oxygen atoms in total. The third-order valence-corrected chi connectivity index (χ3v) is 5.84. The predicted molar refractivity (Wildman–Crippen MR) is 96.4 cm³/mol. The number of likely N-dealkylation sites (tertiary alicyclic amines) is 2. The van der Waals surface area contributed by atoms with Crippen molar-refractivity contribution in [2.75, 3.05) is 32.8 Å². The Morgan fingerprint density at radius 3 is 2.48 bits per heavy atom. The maximum absolute atomic E-state index is 12.3. The Balaban J connectivity index is 1.30. The van der Waals surface area contributed by atoms with Gasteiger partial charge < -0.3 is 19.9 Å². The van der Waals surface area contributed by atoms with Gasteiger partial charge in [0.15, 0.2) is 0 Å². The Labute approximate surface area is 151 Å². The molecule has 0 radical (unpaired) electrons. The quantitative estimate of drug-likeness (QED) is 0.774. The number of carbonyl (C=O) groups excluding carboxylic acids is 2. The van der Waals surface area contributed by atoms with Crippen LogP contribution in [0.15, 0.2) is 0 Å². The summed E-state index contributed by atoms with van der Waals surface area (Å²) in [5.74, 6) is 0.300. The van der Waals surface area contributed by atoms with E-state index < -0.39 is 0 Å². The molecule has 0 aromatic rings. The summed E-state index contributed by atoms with van der Waals surface area (Å²) in [6, 6.07) is 0.335. The van der Waals surface area contributed by atoms with Gasteiger partial charge in [-0.2, -0.15) is 0 Å². The van der Waals surface area contributed by atoms with Crippen molar-refractivity contribution in [1.29, 1.82) is 0 Å². The molecule has 142 valence electrons. The fourth-order valence-electron chi connectivity index (χ4n) is 4.32. The Bertz CT molecular complexity index is 443. The zero-order valence-electron chi connectivity index (χ0n) is 15.4. The molecule has 1 aliphatic carbocycles. The minimum Gasteiger partial charge on any atom is -0.376 e. The van der Waals surface area contributed by atoms with Crippen LogP contribution in [-0.4, -0.2) is 66.7 Å². The van der Waals surface area contributed by atoms with E-state index in [2.05, 4.69) is 10.2 Å². The summed E-state index contributed by atoms with van der Waals surface area (Å²) in [6.07, 6.45) is 11.2. The second kappa shape index (κ2) is 9.41. The van der Waals surface area contributed by atoms with Gasteiger partial charge in [0.25, 0.3) is 0 Å². The van der Waals surface area contributed by atoms with Crippen LogP contribution in [-0.2, 0) is 9.53 Å². The lowest BCUT2D eigenvalue weighted by atomic mass is 9.98. The highest BCUT2D eigenvalue weighted by molar-refractivity contribution is 5.77. The number of hydrogen-bond acceptors (Lipinski definition) is 3. The number of rotatable bonds is 5. The summed E-state index contributed by atoms with van der Waals surface area (Å²) >= 11 is 0. The first kappa shape index (κ1) is 18.5. The van der Waals surface area contributed by atoms with Gasteiger partial charge in [0, 0.05) is 38.6 Å². The second-order valence-electron chi connectivity index (χ2n) is 7.63. The van der Waals surface area contributed by atoms with Gasteiger partial charge in [-0.05, 0) is 38.5 Å². The van der Waals surface area contributed by atoms with Crippen molar-refractivity contribution in [2.45, 2.75) is 76.4 Å². The predicted octanol–water partition coefficient (Wildman–Crippen LogP) is 2.52. The number of amides is 3. The monoisotopic (exact) mass is 351 g/mol. The van der Waals surface area contributed by atoms with E-state index in [4.69, 9.17) is 4.74 Å². The van der Waals surface area contributed by atoms with Gasteiger partial charge in [-0.3, -0.25) is 4.79 Å². The van der Waals surface area contributed by atoms with Gasteiger partial charge in [-0.1, -0.05) is 19.3 Å². The molecule has 0 unspecified atom stereocenters. The lowest BCUT2D eigenvalue weighted by Crippen LogP contribution is -2.52. The normalized spacial score (nSPS) is 23.8. The van der Waals surface area contributed by atoms with Crippen molar-refractivity contribution in [3.63, 3.8) is 0 Å². The number of urea groups is 1. The average Bonchev–Trinajstić information content (AvgIpc) is 2.66. The molecule has 6 heteroatoms. The second-order valence-corrected chi connectivity index (χ2v) is 7.63. The highest BCUT2D eigenvalue weighted by atomic mass is 16.5. The molecule has 3 amide bonds. The molecule has 3 aliphatic rings. The largest absolute Gasteiger partial charge is 0.376 e. The van der Waals surface area contributed by atoms with Gasteiger partial charge in [0.2, 0.25) is 5.91 Å². The molecule has 0 aromatic carbocycles. The molecule has 2 heterocycles. The molecule has 0 atom stereocenters. The highest BCUT2D eigenvalue weighted by Crippen LogP contribution is 2.22. The average molecular weight is 351 g/mol. The van der Waals surface area contributed by atoms with Crippen LogP contribution in [0.2, 0.25) is 0 Å². The zero-order valence-corrected chi connectivity index (χ0v) is 15.4. The SMILES string of the molecule is O=C(NCCOC1CCCCC1)N1CCC(N2CCCCC2=O)CC1. The van der Waals surface area contributed by atoms with Crippen molar-refractivity contribution in [3.05, 3.63) is 0 Å². The van der Waals surface area contributed by atoms with Gasteiger partial charge in [-0.25, -0.2) is 4.79 Å². The van der Waals surface area contributed by atoms with Gasteiger partial charge in [0.1, 0.15) is 0 Å². The molecule has 0 aromatic heterocycles. The van der Waals surface area contributed by atoms with E-state index in [0.29, 0.717) is 37.6 Å². The number of nitrogens with one attached hydrogen (secondary N) is 1. The molecule has 0 spiro atoms. The van der Waals surface area contributed by atoms with Crippen molar-refractivity contribution < 1.29 is 14.3 Å². The minimum atomic E-state index is 0.00987. The number of carbonyl (C=O) groups is 2. The summed E-state index contributed by atoms with van der Waals surface area (Å²) in [6.45, 7) is 3.57. The van der Waals surface area contributed by atoms with Crippen LogP contribution >= 0.6 is 0 Å². The third-order valence-electron chi connectivity index (χ3n) is 5.84. The molecule has 2 aliphatic heterocycles. The first-order valence-corrected chi connectivity index (χ1v) is 10.2. The highest BCUT2D eigenvalue weighted by Gasteiger charge is 2.30. The fraction of sp³-hybridized carbons (Fsp3) is 0.895. The Morgan fingerprint density at radius 2 is 1.76 bits per heavy atom. The molecule has 1 N–H and O–H groups in total.